The zero-order valence-corrected chi connectivity index (χ0v) is 11.4. The van der Waals surface area contributed by atoms with Gasteiger partial charge in [0.2, 0.25) is 11.5 Å². The first-order valence-corrected chi connectivity index (χ1v) is 6.03. The van der Waals surface area contributed by atoms with Crippen LogP contribution in [0.2, 0.25) is 0 Å². The maximum Gasteiger partial charge on any atom is 0.335 e. The van der Waals surface area contributed by atoms with Crippen LogP contribution in [0.5, 0.6) is 23.0 Å². The van der Waals surface area contributed by atoms with Gasteiger partial charge in [-0.2, -0.15) is 0 Å². The van der Waals surface area contributed by atoms with Crippen LogP contribution in [0.15, 0.2) is 24.3 Å². The van der Waals surface area contributed by atoms with Gasteiger partial charge >= 0.3 is 5.97 Å². The summed E-state index contributed by atoms with van der Waals surface area (Å²) in [5.41, 5.74) is 1.28. The van der Waals surface area contributed by atoms with Crippen LogP contribution in [0.4, 0.5) is 0 Å². The van der Waals surface area contributed by atoms with Crippen LogP contribution < -0.4 is 4.74 Å². The Morgan fingerprint density at radius 1 is 1.00 bits per heavy atom. The average molecular weight is 290 g/mol. The maximum atomic E-state index is 10.8. The van der Waals surface area contributed by atoms with E-state index >= 15 is 0 Å². The molecule has 0 aliphatic carbocycles. The molecule has 2 aromatic rings. The molecule has 0 saturated heterocycles. The highest BCUT2D eigenvalue weighted by Gasteiger charge is 2.22. The molecule has 0 heterocycles. The molecule has 6 heteroatoms. The fourth-order valence-corrected chi connectivity index (χ4v) is 2.19. The second kappa shape index (κ2) is 5.24. The van der Waals surface area contributed by atoms with Crippen LogP contribution in [0, 0.1) is 6.92 Å². The third-order valence-electron chi connectivity index (χ3n) is 3.24. The highest BCUT2D eigenvalue weighted by Crippen LogP contribution is 2.51. The number of rotatable bonds is 3. The van der Waals surface area contributed by atoms with Crippen molar-refractivity contribution < 1.29 is 30.0 Å². The standard InChI is InChI=1S/C15H14O6/c1-7-10(8-3-5-9(6-4-8)15(19)20)11(16)12(17)13(18)14(7)21-2/h3-6,16-18H,1-2H3,(H,19,20). The quantitative estimate of drug-likeness (QED) is 0.647. The number of aromatic carboxylic acids is 1. The lowest BCUT2D eigenvalue weighted by Gasteiger charge is -2.16. The number of hydrogen-bond acceptors (Lipinski definition) is 5. The number of phenols is 3. The van der Waals surface area contributed by atoms with Crippen molar-refractivity contribution in [1.29, 1.82) is 0 Å². The maximum absolute atomic E-state index is 10.8. The summed E-state index contributed by atoms with van der Waals surface area (Å²) in [6.07, 6.45) is 0. The van der Waals surface area contributed by atoms with Crippen molar-refractivity contribution in [3.05, 3.63) is 35.4 Å². The van der Waals surface area contributed by atoms with E-state index in [-0.39, 0.29) is 16.9 Å². The topological polar surface area (TPSA) is 107 Å². The van der Waals surface area contributed by atoms with Crippen LogP contribution in [0.1, 0.15) is 15.9 Å². The van der Waals surface area contributed by atoms with E-state index < -0.39 is 23.2 Å². The third-order valence-corrected chi connectivity index (χ3v) is 3.24. The summed E-state index contributed by atoms with van der Waals surface area (Å²) in [5, 5.41) is 38.4. The predicted octanol–water partition coefficient (Wildman–Crippen LogP) is 2.49. The molecule has 110 valence electrons. The predicted molar refractivity (Wildman–Crippen MR) is 75.1 cm³/mol. The Labute approximate surface area is 120 Å². The Hall–Kier alpha value is -2.89. The number of hydrogen-bond donors (Lipinski definition) is 4. The van der Waals surface area contributed by atoms with Crippen LogP contribution in [0.3, 0.4) is 0 Å². The van der Waals surface area contributed by atoms with Crippen molar-refractivity contribution in [3.63, 3.8) is 0 Å². The van der Waals surface area contributed by atoms with Gasteiger partial charge in [0.1, 0.15) is 0 Å². The molecule has 0 amide bonds. The summed E-state index contributed by atoms with van der Waals surface area (Å²) in [6.45, 7) is 1.61. The van der Waals surface area contributed by atoms with Gasteiger partial charge in [0.15, 0.2) is 11.5 Å². The normalized spacial score (nSPS) is 10.4. The summed E-state index contributed by atoms with van der Waals surface area (Å²) in [5.74, 6) is -2.74. The van der Waals surface area contributed by atoms with Gasteiger partial charge in [-0.3, -0.25) is 0 Å². The zero-order chi connectivity index (χ0) is 15.7. The monoisotopic (exact) mass is 290 g/mol. The minimum absolute atomic E-state index is 0.0441. The van der Waals surface area contributed by atoms with Crippen LogP contribution in [-0.2, 0) is 0 Å². The number of ether oxygens (including phenoxy) is 1. The molecule has 2 aromatic carbocycles. The molecule has 0 spiro atoms. The lowest BCUT2D eigenvalue weighted by molar-refractivity contribution is 0.0697. The number of aromatic hydroxyl groups is 3. The van der Waals surface area contributed by atoms with Crippen molar-refractivity contribution in [2.45, 2.75) is 6.92 Å². The van der Waals surface area contributed by atoms with Gasteiger partial charge in [-0.05, 0) is 24.6 Å². The first-order chi connectivity index (χ1) is 9.88. The molecular formula is C15H14O6. The first kappa shape index (κ1) is 14.5. The molecule has 2 rings (SSSR count). The van der Waals surface area contributed by atoms with Gasteiger partial charge in [0, 0.05) is 11.1 Å². The number of phenolic OH excluding ortho intramolecular Hbond substituents is 3. The second-order valence-electron chi connectivity index (χ2n) is 4.46. The minimum atomic E-state index is -1.06. The zero-order valence-electron chi connectivity index (χ0n) is 11.4. The first-order valence-electron chi connectivity index (χ1n) is 6.03. The summed E-state index contributed by atoms with van der Waals surface area (Å²) in [7, 11) is 1.33. The van der Waals surface area contributed by atoms with E-state index in [1.165, 1.54) is 31.4 Å². The Morgan fingerprint density at radius 3 is 2.05 bits per heavy atom. The lowest BCUT2D eigenvalue weighted by Crippen LogP contribution is -1.96. The van der Waals surface area contributed by atoms with Crippen molar-refractivity contribution >= 4 is 5.97 Å². The molecule has 0 aromatic heterocycles. The van der Waals surface area contributed by atoms with E-state index in [0.29, 0.717) is 11.1 Å². The summed E-state index contributed by atoms with van der Waals surface area (Å²) in [4.78, 5) is 10.8. The van der Waals surface area contributed by atoms with Crippen molar-refractivity contribution in [2.75, 3.05) is 7.11 Å². The summed E-state index contributed by atoms with van der Waals surface area (Å²) < 4.78 is 5.02. The van der Waals surface area contributed by atoms with E-state index in [1.807, 2.05) is 0 Å². The highest BCUT2D eigenvalue weighted by atomic mass is 16.5. The number of carboxylic acid groups (broad SMARTS) is 1. The molecule has 0 bridgehead atoms. The smallest absolute Gasteiger partial charge is 0.335 e. The van der Waals surface area contributed by atoms with E-state index in [9.17, 15) is 20.1 Å². The highest BCUT2D eigenvalue weighted by molar-refractivity contribution is 5.89. The fraction of sp³-hybridized carbons (Fsp3) is 0.133. The number of carboxylic acids is 1. The SMILES string of the molecule is COc1c(C)c(-c2ccc(C(=O)O)cc2)c(O)c(O)c1O. The molecule has 21 heavy (non-hydrogen) atoms. The van der Waals surface area contributed by atoms with E-state index in [2.05, 4.69) is 0 Å². The van der Waals surface area contributed by atoms with E-state index in [4.69, 9.17) is 9.84 Å². The molecule has 6 nitrogen and oxygen atoms in total. The van der Waals surface area contributed by atoms with Gasteiger partial charge in [-0.25, -0.2) is 4.79 Å². The van der Waals surface area contributed by atoms with E-state index in [0.717, 1.165) is 0 Å². The molecule has 0 saturated carbocycles. The second-order valence-corrected chi connectivity index (χ2v) is 4.46. The van der Waals surface area contributed by atoms with Crippen LogP contribution in [-0.4, -0.2) is 33.5 Å². The Bertz CT molecular complexity index is 703. The Kier molecular flexibility index (Phi) is 3.62. The van der Waals surface area contributed by atoms with Crippen molar-refractivity contribution in [3.8, 4) is 34.1 Å². The molecule has 0 atom stereocenters. The largest absolute Gasteiger partial charge is 0.504 e. The number of methoxy groups -OCH3 is 1. The molecule has 0 radical (unpaired) electrons. The number of carbonyl (C=O) groups is 1. The van der Waals surface area contributed by atoms with Gasteiger partial charge in [0.05, 0.1) is 12.7 Å². The molecule has 0 fully saturated rings. The molecular weight excluding hydrogens is 276 g/mol. The molecule has 0 aliphatic rings. The molecule has 0 aliphatic heterocycles. The Balaban J connectivity index is 2.68. The Morgan fingerprint density at radius 2 is 1.57 bits per heavy atom. The summed E-state index contributed by atoms with van der Waals surface area (Å²) in [6, 6.07) is 5.77. The van der Waals surface area contributed by atoms with Gasteiger partial charge in [-0.15, -0.1) is 0 Å². The lowest BCUT2D eigenvalue weighted by atomic mass is 9.96. The molecule has 0 unspecified atom stereocenters. The minimum Gasteiger partial charge on any atom is -0.504 e. The molecule has 4 N–H and O–H groups in total. The van der Waals surface area contributed by atoms with Crippen molar-refractivity contribution in [1.82, 2.24) is 0 Å². The van der Waals surface area contributed by atoms with E-state index in [1.54, 1.807) is 6.92 Å². The summed E-state index contributed by atoms with van der Waals surface area (Å²) >= 11 is 0. The van der Waals surface area contributed by atoms with Gasteiger partial charge < -0.3 is 25.2 Å². The fourth-order valence-electron chi connectivity index (χ4n) is 2.19. The van der Waals surface area contributed by atoms with Gasteiger partial charge in [-0.1, -0.05) is 12.1 Å². The van der Waals surface area contributed by atoms with Crippen molar-refractivity contribution in [2.24, 2.45) is 0 Å². The average Bonchev–Trinajstić information content (AvgIpc) is 2.46. The third kappa shape index (κ3) is 2.31. The van der Waals surface area contributed by atoms with Crippen LogP contribution >= 0.6 is 0 Å². The number of benzene rings is 2. The van der Waals surface area contributed by atoms with Gasteiger partial charge in [0.25, 0.3) is 0 Å². The van der Waals surface area contributed by atoms with Crippen LogP contribution in [0.25, 0.3) is 11.1 Å².